The maximum atomic E-state index is 12.2. The van der Waals surface area contributed by atoms with E-state index in [0.717, 1.165) is 0 Å². The van der Waals surface area contributed by atoms with E-state index in [0.29, 0.717) is 26.6 Å². The number of non-ortho nitro benzene ring substituents is 1. The van der Waals surface area contributed by atoms with Crippen molar-refractivity contribution in [2.75, 3.05) is 5.32 Å². The number of carbonyl (C=O) groups excluding carboxylic acids is 1. The lowest BCUT2D eigenvalue weighted by Crippen LogP contribution is -2.14. The zero-order valence-electron chi connectivity index (χ0n) is 11.3. The van der Waals surface area contributed by atoms with Crippen molar-refractivity contribution in [3.8, 4) is 0 Å². The highest BCUT2D eigenvalue weighted by atomic mass is 32.1. The van der Waals surface area contributed by atoms with Gasteiger partial charge >= 0.3 is 0 Å². The van der Waals surface area contributed by atoms with E-state index in [9.17, 15) is 14.9 Å². The Bertz CT molecular complexity index is 892. The molecule has 0 fully saturated rings. The number of amides is 1. The fourth-order valence-corrected chi connectivity index (χ4v) is 2.75. The number of nitro benzene ring substituents is 1. The number of aromatic nitrogens is 3. The molecule has 3 rings (SSSR count). The van der Waals surface area contributed by atoms with Gasteiger partial charge in [0.15, 0.2) is 5.13 Å². The number of nitro groups is 1. The number of benzene rings is 1. The Morgan fingerprint density at radius 2 is 2.23 bits per heavy atom. The number of thiazole rings is 1. The number of carbonyl (C=O) groups is 1. The Labute approximate surface area is 128 Å². The number of anilines is 1. The molecule has 3 aromatic rings. The first-order valence-electron chi connectivity index (χ1n) is 6.17. The number of nitrogens with zero attached hydrogens (tertiary/aromatic N) is 4. The summed E-state index contributed by atoms with van der Waals surface area (Å²) in [6, 6.07) is 4.36. The molecule has 1 aromatic carbocycles. The van der Waals surface area contributed by atoms with Crippen LogP contribution in [0.1, 0.15) is 16.1 Å². The molecule has 110 valence electrons. The van der Waals surface area contributed by atoms with Crippen molar-refractivity contribution in [3.05, 3.63) is 52.1 Å². The average Bonchev–Trinajstić information content (AvgIpc) is 2.88. The fourth-order valence-electron chi connectivity index (χ4n) is 1.86. The van der Waals surface area contributed by atoms with Gasteiger partial charge < -0.3 is 0 Å². The van der Waals surface area contributed by atoms with E-state index in [1.807, 2.05) is 0 Å². The molecule has 2 aromatic heterocycles. The Morgan fingerprint density at radius 3 is 2.95 bits per heavy atom. The third kappa shape index (κ3) is 2.61. The van der Waals surface area contributed by atoms with Crippen molar-refractivity contribution < 1.29 is 9.72 Å². The van der Waals surface area contributed by atoms with Crippen LogP contribution in [0.25, 0.3) is 10.2 Å². The smallest absolute Gasteiger partial charge is 0.270 e. The molecule has 0 atom stereocenters. The SMILES string of the molecule is Cc1ncncc1C(=O)Nc1nc2ccc([N+](=O)[O-])cc2s1. The summed E-state index contributed by atoms with van der Waals surface area (Å²) in [7, 11) is 0. The molecule has 0 aliphatic carbocycles. The van der Waals surface area contributed by atoms with Crippen molar-refractivity contribution >= 4 is 38.3 Å². The average molecular weight is 315 g/mol. The third-order valence-electron chi connectivity index (χ3n) is 2.96. The molecule has 0 aliphatic rings. The lowest BCUT2D eigenvalue weighted by molar-refractivity contribution is -0.384. The molecule has 0 bridgehead atoms. The number of hydrogen-bond acceptors (Lipinski definition) is 7. The van der Waals surface area contributed by atoms with Gasteiger partial charge in [-0.15, -0.1) is 0 Å². The van der Waals surface area contributed by atoms with Crippen molar-refractivity contribution in [2.45, 2.75) is 6.92 Å². The zero-order valence-corrected chi connectivity index (χ0v) is 12.1. The van der Waals surface area contributed by atoms with Crippen LogP contribution < -0.4 is 5.32 Å². The standard InChI is InChI=1S/C13H9N5O3S/c1-7-9(5-14-6-15-7)12(19)17-13-16-10-3-2-8(18(20)21)4-11(10)22-13/h2-6H,1H3,(H,16,17,19). The minimum absolute atomic E-state index is 0.0127. The number of fused-ring (bicyclic) bond motifs is 1. The van der Waals surface area contributed by atoms with Gasteiger partial charge in [0.2, 0.25) is 0 Å². The van der Waals surface area contributed by atoms with Crippen LogP contribution in [0.3, 0.4) is 0 Å². The molecule has 1 amide bonds. The summed E-state index contributed by atoms with van der Waals surface area (Å²) in [6.07, 6.45) is 2.79. The van der Waals surface area contributed by atoms with E-state index in [4.69, 9.17) is 0 Å². The second-order valence-electron chi connectivity index (χ2n) is 4.40. The van der Waals surface area contributed by atoms with Gasteiger partial charge in [-0.25, -0.2) is 15.0 Å². The Morgan fingerprint density at radius 1 is 1.41 bits per heavy atom. The van der Waals surface area contributed by atoms with Crippen molar-refractivity contribution in [1.29, 1.82) is 0 Å². The topological polar surface area (TPSA) is 111 Å². The second-order valence-corrected chi connectivity index (χ2v) is 5.43. The lowest BCUT2D eigenvalue weighted by Gasteiger charge is -2.02. The molecule has 0 saturated carbocycles. The van der Waals surface area contributed by atoms with E-state index in [2.05, 4.69) is 20.3 Å². The number of aryl methyl sites for hydroxylation is 1. The summed E-state index contributed by atoms with van der Waals surface area (Å²) in [5.41, 5.74) is 1.49. The van der Waals surface area contributed by atoms with Crippen molar-refractivity contribution in [1.82, 2.24) is 15.0 Å². The summed E-state index contributed by atoms with van der Waals surface area (Å²) < 4.78 is 0.630. The summed E-state index contributed by atoms with van der Waals surface area (Å²) in [5.74, 6) is -0.369. The van der Waals surface area contributed by atoms with Gasteiger partial charge in [-0.2, -0.15) is 0 Å². The van der Waals surface area contributed by atoms with Gasteiger partial charge in [-0.05, 0) is 13.0 Å². The van der Waals surface area contributed by atoms with E-state index in [1.54, 1.807) is 13.0 Å². The van der Waals surface area contributed by atoms with Crippen LogP contribution in [0.2, 0.25) is 0 Å². The molecule has 0 aliphatic heterocycles. The first kappa shape index (κ1) is 14.0. The van der Waals surface area contributed by atoms with Crippen LogP contribution in [0.5, 0.6) is 0 Å². The molecule has 0 spiro atoms. The zero-order chi connectivity index (χ0) is 15.7. The second kappa shape index (κ2) is 5.45. The highest BCUT2D eigenvalue weighted by molar-refractivity contribution is 7.22. The minimum atomic E-state index is -0.470. The number of nitrogens with one attached hydrogen (secondary N) is 1. The maximum Gasteiger partial charge on any atom is 0.270 e. The van der Waals surface area contributed by atoms with Crippen LogP contribution in [0.4, 0.5) is 10.8 Å². The van der Waals surface area contributed by atoms with Crippen LogP contribution in [-0.2, 0) is 0 Å². The molecule has 2 heterocycles. The Kier molecular flexibility index (Phi) is 3.47. The number of hydrogen-bond donors (Lipinski definition) is 1. The summed E-state index contributed by atoms with van der Waals surface area (Å²) in [4.78, 5) is 34.4. The Hall–Kier alpha value is -2.94. The largest absolute Gasteiger partial charge is 0.298 e. The molecule has 8 nitrogen and oxygen atoms in total. The third-order valence-corrected chi connectivity index (χ3v) is 3.89. The van der Waals surface area contributed by atoms with E-state index in [-0.39, 0.29) is 11.6 Å². The Balaban J connectivity index is 1.89. The molecule has 0 saturated heterocycles. The molecule has 0 radical (unpaired) electrons. The first-order valence-corrected chi connectivity index (χ1v) is 6.99. The summed E-state index contributed by atoms with van der Waals surface area (Å²) in [5, 5.41) is 13.8. The molecule has 22 heavy (non-hydrogen) atoms. The number of rotatable bonds is 3. The van der Waals surface area contributed by atoms with Crippen LogP contribution in [0, 0.1) is 17.0 Å². The quantitative estimate of drug-likeness (QED) is 0.587. The molecular formula is C13H9N5O3S. The van der Waals surface area contributed by atoms with Crippen LogP contribution in [0.15, 0.2) is 30.7 Å². The van der Waals surface area contributed by atoms with Gasteiger partial charge in [-0.3, -0.25) is 20.2 Å². The molecule has 9 heteroatoms. The molecular weight excluding hydrogens is 306 g/mol. The lowest BCUT2D eigenvalue weighted by atomic mass is 10.2. The van der Waals surface area contributed by atoms with Crippen molar-refractivity contribution in [2.24, 2.45) is 0 Å². The highest BCUT2D eigenvalue weighted by Crippen LogP contribution is 2.29. The van der Waals surface area contributed by atoms with Gasteiger partial charge in [0, 0.05) is 18.3 Å². The van der Waals surface area contributed by atoms with Crippen LogP contribution in [-0.4, -0.2) is 25.8 Å². The first-order chi connectivity index (χ1) is 10.5. The van der Waals surface area contributed by atoms with Crippen LogP contribution >= 0.6 is 11.3 Å². The summed E-state index contributed by atoms with van der Waals surface area (Å²) >= 11 is 1.17. The highest BCUT2D eigenvalue weighted by Gasteiger charge is 2.14. The predicted octanol–water partition coefficient (Wildman–Crippen LogP) is 2.56. The van der Waals surface area contributed by atoms with E-state index < -0.39 is 4.92 Å². The van der Waals surface area contributed by atoms with Gasteiger partial charge in [0.25, 0.3) is 11.6 Å². The van der Waals surface area contributed by atoms with Gasteiger partial charge in [0.1, 0.15) is 6.33 Å². The summed E-state index contributed by atoms with van der Waals surface area (Å²) in [6.45, 7) is 1.71. The van der Waals surface area contributed by atoms with Gasteiger partial charge in [0.05, 0.1) is 26.4 Å². The molecule has 1 N–H and O–H groups in total. The maximum absolute atomic E-state index is 12.2. The van der Waals surface area contributed by atoms with E-state index >= 15 is 0 Å². The molecule has 0 unspecified atom stereocenters. The van der Waals surface area contributed by atoms with E-state index in [1.165, 1.54) is 36.0 Å². The minimum Gasteiger partial charge on any atom is -0.298 e. The van der Waals surface area contributed by atoms with Crippen molar-refractivity contribution in [3.63, 3.8) is 0 Å². The fraction of sp³-hybridized carbons (Fsp3) is 0.0769. The monoisotopic (exact) mass is 315 g/mol. The predicted molar refractivity (Wildman–Crippen MR) is 81.0 cm³/mol. The van der Waals surface area contributed by atoms with Gasteiger partial charge in [-0.1, -0.05) is 11.3 Å². The normalized spacial score (nSPS) is 10.6.